The first-order valence-corrected chi connectivity index (χ1v) is 4.91. The molecule has 0 fully saturated rings. The van der Waals surface area contributed by atoms with Gasteiger partial charge < -0.3 is 10.0 Å². The lowest BCUT2D eigenvalue weighted by Crippen LogP contribution is -2.25. The Hall–Kier alpha value is -0.930. The minimum absolute atomic E-state index is 0.243. The predicted octanol–water partition coefficient (Wildman–Crippen LogP) is 1.14. The van der Waals surface area contributed by atoms with Crippen LogP contribution in [-0.4, -0.2) is 35.2 Å². The van der Waals surface area contributed by atoms with Crippen molar-refractivity contribution in [2.24, 2.45) is 5.92 Å². The fraction of sp³-hybridized carbons (Fsp3) is 0.545. The lowest BCUT2D eigenvalue weighted by molar-refractivity contribution is 0.187. The van der Waals surface area contributed by atoms with Gasteiger partial charge in [0, 0.05) is 25.9 Å². The Labute approximate surface area is 85.4 Å². The summed E-state index contributed by atoms with van der Waals surface area (Å²) in [5.74, 6) is 0.323. The maximum absolute atomic E-state index is 8.91. The van der Waals surface area contributed by atoms with Gasteiger partial charge in [0.25, 0.3) is 0 Å². The van der Waals surface area contributed by atoms with Crippen LogP contribution in [0.5, 0.6) is 0 Å². The monoisotopic (exact) mass is 194 g/mol. The van der Waals surface area contributed by atoms with Gasteiger partial charge in [-0.05, 0) is 25.1 Å². The van der Waals surface area contributed by atoms with Gasteiger partial charge in [-0.1, -0.05) is 13.0 Å². The van der Waals surface area contributed by atoms with Crippen molar-refractivity contribution in [1.82, 2.24) is 9.88 Å². The molecule has 1 unspecified atom stereocenters. The summed E-state index contributed by atoms with van der Waals surface area (Å²) < 4.78 is 0. The van der Waals surface area contributed by atoms with E-state index in [1.807, 2.05) is 32.2 Å². The maximum atomic E-state index is 8.91. The summed E-state index contributed by atoms with van der Waals surface area (Å²) in [6, 6.07) is 5.92. The van der Waals surface area contributed by atoms with Crippen molar-refractivity contribution in [2.45, 2.75) is 13.5 Å². The van der Waals surface area contributed by atoms with Crippen LogP contribution in [-0.2, 0) is 6.54 Å². The van der Waals surface area contributed by atoms with Crippen molar-refractivity contribution in [3.8, 4) is 0 Å². The molecule has 0 spiro atoms. The lowest BCUT2D eigenvalue weighted by atomic mass is 10.2. The van der Waals surface area contributed by atoms with E-state index in [0.29, 0.717) is 5.92 Å². The topological polar surface area (TPSA) is 36.4 Å². The van der Waals surface area contributed by atoms with Crippen molar-refractivity contribution in [3.63, 3.8) is 0 Å². The van der Waals surface area contributed by atoms with Crippen LogP contribution in [0.3, 0.4) is 0 Å². The van der Waals surface area contributed by atoms with E-state index in [1.165, 1.54) is 0 Å². The third kappa shape index (κ3) is 3.85. The van der Waals surface area contributed by atoms with Crippen LogP contribution < -0.4 is 0 Å². The van der Waals surface area contributed by atoms with E-state index in [4.69, 9.17) is 5.11 Å². The summed E-state index contributed by atoms with van der Waals surface area (Å²) in [4.78, 5) is 6.42. The molecule has 0 aliphatic rings. The Morgan fingerprint density at radius 2 is 2.29 bits per heavy atom. The molecule has 1 atom stereocenters. The van der Waals surface area contributed by atoms with Gasteiger partial charge in [0.05, 0.1) is 5.69 Å². The molecule has 0 radical (unpaired) electrons. The molecule has 0 bridgehead atoms. The number of aromatic nitrogens is 1. The second-order valence-electron chi connectivity index (χ2n) is 3.81. The third-order valence-electron chi connectivity index (χ3n) is 2.09. The molecule has 3 nitrogen and oxygen atoms in total. The highest BCUT2D eigenvalue weighted by atomic mass is 16.3. The number of aliphatic hydroxyl groups is 1. The molecule has 78 valence electrons. The Kier molecular flexibility index (Phi) is 4.56. The molecular weight excluding hydrogens is 176 g/mol. The number of nitrogens with zero attached hydrogens (tertiary/aromatic N) is 2. The van der Waals surface area contributed by atoms with Crippen LogP contribution in [0.2, 0.25) is 0 Å². The van der Waals surface area contributed by atoms with Crippen LogP contribution in [0.1, 0.15) is 12.6 Å². The first kappa shape index (κ1) is 11.1. The molecule has 0 aromatic carbocycles. The Bertz CT molecular complexity index is 251. The molecule has 14 heavy (non-hydrogen) atoms. The second kappa shape index (κ2) is 5.73. The van der Waals surface area contributed by atoms with Crippen molar-refractivity contribution in [2.75, 3.05) is 20.2 Å². The number of hydrogen-bond acceptors (Lipinski definition) is 3. The van der Waals surface area contributed by atoms with Crippen LogP contribution in [0.4, 0.5) is 0 Å². The van der Waals surface area contributed by atoms with Gasteiger partial charge in [0.1, 0.15) is 0 Å². The van der Waals surface area contributed by atoms with E-state index < -0.39 is 0 Å². The van der Waals surface area contributed by atoms with E-state index in [1.54, 1.807) is 6.20 Å². The van der Waals surface area contributed by atoms with Crippen molar-refractivity contribution in [1.29, 1.82) is 0 Å². The van der Waals surface area contributed by atoms with E-state index >= 15 is 0 Å². The standard InChI is InChI=1S/C11H18N2O/c1-10(9-14)7-13(2)8-11-5-3-4-6-12-11/h3-6,10,14H,7-9H2,1-2H3. The van der Waals surface area contributed by atoms with E-state index in [2.05, 4.69) is 9.88 Å². The molecular formula is C11H18N2O. The van der Waals surface area contributed by atoms with Crippen molar-refractivity contribution in [3.05, 3.63) is 30.1 Å². The summed E-state index contributed by atoms with van der Waals surface area (Å²) in [6.45, 7) is 4.01. The van der Waals surface area contributed by atoms with Gasteiger partial charge in [0.2, 0.25) is 0 Å². The van der Waals surface area contributed by atoms with Crippen LogP contribution >= 0.6 is 0 Å². The highest BCUT2D eigenvalue weighted by Crippen LogP contribution is 2.02. The van der Waals surface area contributed by atoms with Gasteiger partial charge >= 0.3 is 0 Å². The molecule has 0 aliphatic heterocycles. The highest BCUT2D eigenvalue weighted by Gasteiger charge is 2.05. The zero-order valence-corrected chi connectivity index (χ0v) is 8.85. The van der Waals surface area contributed by atoms with Gasteiger partial charge in [0.15, 0.2) is 0 Å². The summed E-state index contributed by atoms with van der Waals surface area (Å²) in [6.07, 6.45) is 1.80. The van der Waals surface area contributed by atoms with E-state index in [9.17, 15) is 0 Å². The number of rotatable bonds is 5. The number of pyridine rings is 1. The molecule has 1 aromatic rings. The summed E-state index contributed by atoms with van der Waals surface area (Å²) in [5.41, 5.74) is 1.07. The Morgan fingerprint density at radius 1 is 1.50 bits per heavy atom. The van der Waals surface area contributed by atoms with Gasteiger partial charge in [-0.25, -0.2) is 0 Å². The largest absolute Gasteiger partial charge is 0.396 e. The fourth-order valence-corrected chi connectivity index (χ4v) is 1.42. The van der Waals surface area contributed by atoms with Crippen molar-refractivity contribution < 1.29 is 5.11 Å². The highest BCUT2D eigenvalue weighted by molar-refractivity contribution is 5.02. The average molecular weight is 194 g/mol. The smallest absolute Gasteiger partial charge is 0.0543 e. The first-order chi connectivity index (χ1) is 6.72. The average Bonchev–Trinajstić information content (AvgIpc) is 2.19. The fourth-order valence-electron chi connectivity index (χ4n) is 1.42. The SMILES string of the molecule is CC(CO)CN(C)Cc1ccccn1. The molecule has 1 aromatic heterocycles. The predicted molar refractivity (Wildman–Crippen MR) is 56.8 cm³/mol. The number of hydrogen-bond donors (Lipinski definition) is 1. The second-order valence-corrected chi connectivity index (χ2v) is 3.81. The van der Waals surface area contributed by atoms with Gasteiger partial charge in [-0.3, -0.25) is 4.98 Å². The molecule has 1 rings (SSSR count). The zero-order valence-electron chi connectivity index (χ0n) is 8.85. The molecule has 1 heterocycles. The normalized spacial score (nSPS) is 13.1. The first-order valence-electron chi connectivity index (χ1n) is 4.91. The minimum Gasteiger partial charge on any atom is -0.396 e. The van der Waals surface area contributed by atoms with Crippen LogP contribution in [0, 0.1) is 5.92 Å². The molecule has 3 heteroatoms. The number of aliphatic hydroxyl groups excluding tert-OH is 1. The Balaban J connectivity index is 2.37. The molecule has 0 saturated carbocycles. The van der Waals surface area contributed by atoms with Gasteiger partial charge in [-0.2, -0.15) is 0 Å². The zero-order chi connectivity index (χ0) is 10.4. The molecule has 0 saturated heterocycles. The molecule has 1 N–H and O–H groups in total. The van der Waals surface area contributed by atoms with E-state index in [0.717, 1.165) is 18.8 Å². The molecule has 0 amide bonds. The summed E-state index contributed by atoms with van der Waals surface area (Å²) in [7, 11) is 2.04. The minimum atomic E-state index is 0.243. The summed E-state index contributed by atoms with van der Waals surface area (Å²) >= 11 is 0. The lowest BCUT2D eigenvalue weighted by Gasteiger charge is -2.19. The van der Waals surface area contributed by atoms with Crippen LogP contribution in [0.25, 0.3) is 0 Å². The maximum Gasteiger partial charge on any atom is 0.0543 e. The molecule has 0 aliphatic carbocycles. The summed E-state index contributed by atoms with van der Waals surface area (Å²) in [5, 5.41) is 8.91. The third-order valence-corrected chi connectivity index (χ3v) is 2.09. The van der Waals surface area contributed by atoms with E-state index in [-0.39, 0.29) is 6.61 Å². The Morgan fingerprint density at radius 3 is 2.86 bits per heavy atom. The van der Waals surface area contributed by atoms with Crippen molar-refractivity contribution >= 4 is 0 Å². The van der Waals surface area contributed by atoms with Gasteiger partial charge in [-0.15, -0.1) is 0 Å². The quantitative estimate of drug-likeness (QED) is 0.763. The van der Waals surface area contributed by atoms with Crippen LogP contribution in [0.15, 0.2) is 24.4 Å².